The summed E-state index contributed by atoms with van der Waals surface area (Å²) in [4.78, 5) is 22.5. The van der Waals surface area contributed by atoms with Gasteiger partial charge in [0.05, 0.1) is 0 Å². The third-order valence-corrected chi connectivity index (χ3v) is 2.04. The first-order chi connectivity index (χ1) is 6.61. The minimum atomic E-state index is -0.434. The number of imide groups is 1. The van der Waals surface area contributed by atoms with Gasteiger partial charge < -0.3 is 10.2 Å². The van der Waals surface area contributed by atoms with E-state index in [1.807, 2.05) is 0 Å². The second kappa shape index (κ2) is 2.76. The predicted octanol–water partition coefficient (Wildman–Crippen LogP) is -0.316. The van der Waals surface area contributed by atoms with Crippen LogP contribution in [0.25, 0.3) is 0 Å². The zero-order valence-corrected chi connectivity index (χ0v) is 7.17. The quantitative estimate of drug-likeness (QED) is 0.603. The number of aromatic nitrogens is 1. The van der Waals surface area contributed by atoms with Gasteiger partial charge in [-0.1, -0.05) is 0 Å². The van der Waals surface area contributed by atoms with Gasteiger partial charge in [-0.2, -0.15) is 9.69 Å². The van der Waals surface area contributed by atoms with Crippen molar-refractivity contribution in [3.63, 3.8) is 0 Å². The first kappa shape index (κ1) is 8.61. The smallest absolute Gasteiger partial charge is 0.249 e. The minimum Gasteiger partial charge on any atom is -0.493 e. The van der Waals surface area contributed by atoms with Gasteiger partial charge in [-0.3, -0.25) is 9.59 Å². The van der Waals surface area contributed by atoms with E-state index in [1.54, 1.807) is 0 Å². The van der Waals surface area contributed by atoms with Gasteiger partial charge in [0.25, 0.3) is 0 Å². The monoisotopic (exact) mass is 196 g/mol. The predicted molar refractivity (Wildman–Crippen MR) is 45.2 cm³/mol. The van der Waals surface area contributed by atoms with Crippen LogP contribution in [-0.4, -0.2) is 26.7 Å². The van der Waals surface area contributed by atoms with Crippen molar-refractivity contribution in [3.8, 4) is 11.8 Å². The van der Waals surface area contributed by atoms with Crippen LogP contribution in [0, 0.1) is 0 Å². The highest BCUT2D eigenvalue weighted by Gasteiger charge is 2.33. The van der Waals surface area contributed by atoms with E-state index in [-0.39, 0.29) is 24.6 Å². The average molecular weight is 196 g/mol. The summed E-state index contributed by atoms with van der Waals surface area (Å²) in [6.45, 7) is 0. The molecular weight excluding hydrogens is 188 g/mol. The van der Waals surface area contributed by atoms with Crippen LogP contribution in [0.4, 0.5) is 0 Å². The van der Waals surface area contributed by atoms with Gasteiger partial charge in [0, 0.05) is 25.0 Å². The number of carbonyl (C=O) groups excluding carboxylic acids is 2. The van der Waals surface area contributed by atoms with Crippen molar-refractivity contribution >= 4 is 11.8 Å². The largest absolute Gasteiger partial charge is 0.493 e. The molecule has 1 aromatic rings. The molecule has 1 aliphatic rings. The van der Waals surface area contributed by atoms with Gasteiger partial charge in [0.15, 0.2) is 0 Å². The van der Waals surface area contributed by atoms with Gasteiger partial charge in [0.1, 0.15) is 0 Å². The fraction of sp³-hybridized carbons (Fsp3) is 0.250. The maximum absolute atomic E-state index is 11.2. The van der Waals surface area contributed by atoms with Crippen LogP contribution in [0.2, 0.25) is 0 Å². The number of aromatic hydroxyl groups is 2. The fourth-order valence-electron chi connectivity index (χ4n) is 1.40. The van der Waals surface area contributed by atoms with Crippen LogP contribution in [0.5, 0.6) is 11.8 Å². The minimum absolute atomic E-state index is 0.107. The van der Waals surface area contributed by atoms with Crippen molar-refractivity contribution in [1.82, 2.24) is 4.68 Å². The first-order valence-corrected chi connectivity index (χ1v) is 4.07. The number of amides is 2. The van der Waals surface area contributed by atoms with E-state index in [0.29, 0.717) is 0 Å². The molecule has 74 valence electrons. The standard InChI is InChI=1S/C8H8N2O4/c11-5-1-2-6(12)9(5)10-7(13)3-4-8(10)14/h1-2,11-12H,3-4H2. The van der Waals surface area contributed by atoms with Crippen LogP contribution in [0.1, 0.15) is 12.8 Å². The van der Waals surface area contributed by atoms with E-state index < -0.39 is 11.8 Å². The lowest BCUT2D eigenvalue weighted by Crippen LogP contribution is -2.38. The Labute approximate surface area is 78.9 Å². The van der Waals surface area contributed by atoms with Gasteiger partial charge in [-0.15, -0.1) is 0 Å². The Bertz CT molecular complexity index is 374. The third-order valence-electron chi connectivity index (χ3n) is 2.04. The zero-order valence-electron chi connectivity index (χ0n) is 7.17. The highest BCUT2D eigenvalue weighted by Crippen LogP contribution is 2.24. The lowest BCUT2D eigenvalue weighted by atomic mass is 10.4. The van der Waals surface area contributed by atoms with Gasteiger partial charge in [-0.05, 0) is 0 Å². The normalized spacial score (nSPS) is 16.7. The van der Waals surface area contributed by atoms with Gasteiger partial charge in [0.2, 0.25) is 23.6 Å². The number of nitrogens with zero attached hydrogens (tertiary/aromatic N) is 2. The van der Waals surface area contributed by atoms with Gasteiger partial charge in [-0.25, -0.2) is 0 Å². The number of carbonyl (C=O) groups is 2. The van der Waals surface area contributed by atoms with Crippen molar-refractivity contribution < 1.29 is 19.8 Å². The number of hydrogen-bond acceptors (Lipinski definition) is 4. The Kier molecular flexibility index (Phi) is 1.70. The van der Waals surface area contributed by atoms with Crippen molar-refractivity contribution in [1.29, 1.82) is 0 Å². The van der Waals surface area contributed by atoms with Gasteiger partial charge >= 0.3 is 0 Å². The second-order valence-electron chi connectivity index (χ2n) is 2.96. The summed E-state index contributed by atoms with van der Waals surface area (Å²) < 4.78 is 0.789. The van der Waals surface area contributed by atoms with Crippen LogP contribution < -0.4 is 5.01 Å². The lowest BCUT2D eigenvalue weighted by Gasteiger charge is -2.16. The summed E-state index contributed by atoms with van der Waals surface area (Å²) in [5.74, 6) is -1.55. The first-order valence-electron chi connectivity index (χ1n) is 4.07. The summed E-state index contributed by atoms with van der Waals surface area (Å²) in [6.07, 6.45) is 0.214. The summed E-state index contributed by atoms with van der Waals surface area (Å²) in [7, 11) is 0. The van der Waals surface area contributed by atoms with Crippen LogP contribution in [0.15, 0.2) is 12.1 Å². The molecule has 14 heavy (non-hydrogen) atoms. The van der Waals surface area contributed by atoms with E-state index in [4.69, 9.17) is 0 Å². The molecule has 0 aliphatic carbocycles. The molecule has 2 rings (SSSR count). The number of hydrogen-bond donors (Lipinski definition) is 2. The van der Waals surface area contributed by atoms with E-state index in [2.05, 4.69) is 0 Å². The molecule has 0 spiro atoms. The molecule has 1 fully saturated rings. The second-order valence-corrected chi connectivity index (χ2v) is 2.96. The SMILES string of the molecule is O=C1CCC(=O)N1n1c(O)ccc1O. The summed E-state index contributed by atoms with van der Waals surface area (Å²) in [6, 6.07) is 2.41. The fourth-order valence-corrected chi connectivity index (χ4v) is 1.40. The van der Waals surface area contributed by atoms with Crippen LogP contribution >= 0.6 is 0 Å². The van der Waals surface area contributed by atoms with Crippen LogP contribution in [-0.2, 0) is 9.59 Å². The molecular formula is C8H8N2O4. The number of rotatable bonds is 1. The average Bonchev–Trinajstić information content (AvgIpc) is 2.60. The molecule has 2 heterocycles. The highest BCUT2D eigenvalue weighted by atomic mass is 16.3. The highest BCUT2D eigenvalue weighted by molar-refractivity contribution is 6.14. The zero-order chi connectivity index (χ0) is 10.3. The molecule has 6 nitrogen and oxygen atoms in total. The molecule has 1 saturated heterocycles. The summed E-state index contributed by atoms with van der Waals surface area (Å²) >= 11 is 0. The maximum atomic E-state index is 11.2. The Morgan fingerprint density at radius 2 is 1.43 bits per heavy atom. The topological polar surface area (TPSA) is 82.8 Å². The van der Waals surface area contributed by atoms with Crippen LogP contribution in [0.3, 0.4) is 0 Å². The third kappa shape index (κ3) is 1.04. The molecule has 0 atom stereocenters. The summed E-state index contributed by atoms with van der Waals surface area (Å²) in [5.41, 5.74) is 0. The molecule has 0 bridgehead atoms. The van der Waals surface area contributed by atoms with E-state index in [9.17, 15) is 19.8 Å². The molecule has 0 aromatic carbocycles. The molecule has 0 saturated carbocycles. The molecule has 2 amide bonds. The molecule has 6 heteroatoms. The van der Waals surface area contributed by atoms with Crippen molar-refractivity contribution in [3.05, 3.63) is 12.1 Å². The van der Waals surface area contributed by atoms with E-state index in [0.717, 1.165) is 9.69 Å². The van der Waals surface area contributed by atoms with Crippen molar-refractivity contribution in [2.75, 3.05) is 5.01 Å². The molecule has 0 unspecified atom stereocenters. The maximum Gasteiger partial charge on any atom is 0.249 e. The van der Waals surface area contributed by atoms with E-state index >= 15 is 0 Å². The Balaban J connectivity index is 2.48. The lowest BCUT2D eigenvalue weighted by molar-refractivity contribution is -0.123. The molecule has 1 aromatic heterocycles. The molecule has 1 aliphatic heterocycles. The van der Waals surface area contributed by atoms with Crippen molar-refractivity contribution in [2.45, 2.75) is 12.8 Å². The Morgan fingerprint density at radius 3 is 1.86 bits per heavy atom. The molecule has 2 N–H and O–H groups in total. The molecule has 0 radical (unpaired) electrons. The Morgan fingerprint density at radius 1 is 1.00 bits per heavy atom. The Hall–Kier alpha value is -1.98. The van der Waals surface area contributed by atoms with E-state index in [1.165, 1.54) is 12.1 Å². The summed E-state index contributed by atoms with van der Waals surface area (Å²) in [5, 5.41) is 19.3. The van der Waals surface area contributed by atoms with Crippen molar-refractivity contribution in [2.24, 2.45) is 0 Å².